The van der Waals surface area contributed by atoms with Crippen LogP contribution in [0.4, 0.5) is 0 Å². The van der Waals surface area contributed by atoms with Gasteiger partial charge in [-0.05, 0) is 99.8 Å². The average molecular weight is 714 g/mol. The van der Waals surface area contributed by atoms with Gasteiger partial charge in [0.15, 0.2) is 5.58 Å². The average Bonchev–Trinajstić information content (AvgIpc) is 3.94. The molecule has 0 fully saturated rings. The summed E-state index contributed by atoms with van der Waals surface area (Å²) in [6, 6.07) is 52.9. The molecule has 0 aliphatic rings. The van der Waals surface area contributed by atoms with Gasteiger partial charge in [0.1, 0.15) is 22.5 Å². The van der Waals surface area contributed by atoms with Gasteiger partial charge in [0.25, 0.3) is 0 Å². The number of oxazole rings is 1. The third kappa shape index (κ3) is 5.46. The summed E-state index contributed by atoms with van der Waals surface area (Å²) in [5, 5.41) is 1.86. The van der Waals surface area contributed by atoms with Crippen LogP contribution < -0.4 is 0 Å². The molecule has 10 rings (SSSR count). The van der Waals surface area contributed by atoms with Gasteiger partial charge in [-0.15, -0.1) is 0 Å². The second-order valence-electron chi connectivity index (χ2n) is 15.0. The monoisotopic (exact) mass is 713 g/mol. The predicted octanol–water partition coefficient (Wildman–Crippen LogP) is 14.0. The van der Waals surface area contributed by atoms with Crippen LogP contribution in [0.15, 0.2) is 160 Å². The Labute approximate surface area is 319 Å². The second-order valence-corrected chi connectivity index (χ2v) is 15.0. The smallest absolute Gasteiger partial charge is 0.227 e. The molecule has 10 aromatic rings. The number of aromatic nitrogens is 3. The van der Waals surface area contributed by atoms with Gasteiger partial charge in [-0.3, -0.25) is 4.57 Å². The Morgan fingerprint density at radius 2 is 1.09 bits per heavy atom. The SMILES string of the molecule is CC(C)c1cc(-c2ccccc2)cc(C(C)C)c1-n1c(-c2cc3nc(-c4ccccc4)oc3c3c2oc2cc(-c4ccccc4)ccc23)nc2ccccc21. The molecule has 266 valence electrons. The summed E-state index contributed by atoms with van der Waals surface area (Å²) in [5.74, 6) is 1.84. The molecule has 55 heavy (non-hydrogen) atoms. The van der Waals surface area contributed by atoms with Crippen LogP contribution in [0.3, 0.4) is 0 Å². The van der Waals surface area contributed by atoms with E-state index < -0.39 is 0 Å². The van der Waals surface area contributed by atoms with E-state index in [4.69, 9.17) is 18.8 Å². The molecule has 0 amide bonds. The lowest BCUT2D eigenvalue weighted by molar-refractivity contribution is 0.622. The van der Waals surface area contributed by atoms with Gasteiger partial charge in [0.05, 0.1) is 27.7 Å². The van der Waals surface area contributed by atoms with E-state index >= 15 is 0 Å². The first kappa shape index (κ1) is 32.9. The summed E-state index contributed by atoms with van der Waals surface area (Å²) in [7, 11) is 0. The molecule has 0 atom stereocenters. The molecule has 0 aliphatic carbocycles. The quantitative estimate of drug-likeness (QED) is 0.165. The molecule has 0 unspecified atom stereocenters. The van der Waals surface area contributed by atoms with Crippen molar-refractivity contribution in [3.05, 3.63) is 163 Å². The Morgan fingerprint density at radius 1 is 0.491 bits per heavy atom. The van der Waals surface area contributed by atoms with Gasteiger partial charge in [-0.1, -0.05) is 125 Å². The molecular weight excluding hydrogens is 675 g/mol. The molecule has 0 radical (unpaired) electrons. The van der Waals surface area contributed by atoms with E-state index in [0.29, 0.717) is 11.5 Å². The maximum atomic E-state index is 7.00. The lowest BCUT2D eigenvalue weighted by Gasteiger charge is -2.24. The van der Waals surface area contributed by atoms with Crippen molar-refractivity contribution in [2.45, 2.75) is 39.5 Å². The lowest BCUT2D eigenvalue weighted by atomic mass is 9.88. The Morgan fingerprint density at radius 3 is 1.75 bits per heavy atom. The molecule has 7 aromatic carbocycles. The number of furan rings is 1. The van der Waals surface area contributed by atoms with Crippen LogP contribution in [0.1, 0.15) is 50.7 Å². The number of hydrogen-bond donors (Lipinski definition) is 0. The number of para-hydroxylation sites is 2. The number of nitrogens with zero attached hydrogens (tertiary/aromatic N) is 3. The van der Waals surface area contributed by atoms with E-state index in [1.807, 2.05) is 36.4 Å². The Bertz CT molecular complexity index is 2990. The van der Waals surface area contributed by atoms with E-state index in [9.17, 15) is 0 Å². The largest absolute Gasteiger partial charge is 0.455 e. The molecule has 0 N–H and O–H groups in total. The summed E-state index contributed by atoms with van der Waals surface area (Å²) in [4.78, 5) is 10.6. The zero-order valence-corrected chi connectivity index (χ0v) is 31.2. The Kier molecular flexibility index (Phi) is 7.77. The van der Waals surface area contributed by atoms with Crippen LogP contribution >= 0.6 is 0 Å². The maximum absolute atomic E-state index is 7.00. The van der Waals surface area contributed by atoms with Gasteiger partial charge in [-0.25, -0.2) is 9.97 Å². The highest BCUT2D eigenvalue weighted by Crippen LogP contribution is 2.46. The van der Waals surface area contributed by atoms with Crippen LogP contribution in [-0.4, -0.2) is 14.5 Å². The van der Waals surface area contributed by atoms with E-state index in [0.717, 1.165) is 72.3 Å². The standard InChI is InChI=1S/C50H39N3O2/c1-30(2)38-26-36(33-18-10-6-11-19-33)27-39(31(3)4)46(38)53-43-23-15-14-22-41(43)51-49(53)40-29-42-48(55-50(52-42)34-20-12-7-13-21-34)45-37-25-24-35(28-44(37)54-47(40)45)32-16-8-5-9-17-32/h5-31H,1-4H3. The summed E-state index contributed by atoms with van der Waals surface area (Å²) >= 11 is 0. The fourth-order valence-corrected chi connectivity index (χ4v) is 8.05. The summed E-state index contributed by atoms with van der Waals surface area (Å²) in [5.41, 5.74) is 15.0. The number of benzene rings is 7. The summed E-state index contributed by atoms with van der Waals surface area (Å²) in [6.45, 7) is 9.13. The number of hydrogen-bond acceptors (Lipinski definition) is 4. The summed E-state index contributed by atoms with van der Waals surface area (Å²) < 4.78 is 16.0. The fraction of sp³-hybridized carbons (Fsp3) is 0.120. The lowest BCUT2D eigenvalue weighted by Crippen LogP contribution is -2.09. The van der Waals surface area contributed by atoms with Gasteiger partial charge in [0, 0.05) is 10.9 Å². The highest BCUT2D eigenvalue weighted by Gasteiger charge is 2.28. The second kappa shape index (κ2) is 13.0. The number of rotatable bonds is 7. The number of imidazole rings is 1. The molecule has 3 aromatic heterocycles. The molecule has 0 spiro atoms. The van der Waals surface area contributed by atoms with Gasteiger partial charge < -0.3 is 8.83 Å². The van der Waals surface area contributed by atoms with Crippen molar-refractivity contribution in [3.8, 4) is 50.8 Å². The third-order valence-corrected chi connectivity index (χ3v) is 10.8. The Hall–Kier alpha value is -6.72. The van der Waals surface area contributed by atoms with Crippen LogP contribution in [0, 0.1) is 0 Å². The summed E-state index contributed by atoms with van der Waals surface area (Å²) in [6.07, 6.45) is 0. The highest BCUT2D eigenvalue weighted by atomic mass is 16.4. The van der Waals surface area contributed by atoms with Crippen LogP contribution in [0.2, 0.25) is 0 Å². The third-order valence-electron chi connectivity index (χ3n) is 10.8. The minimum absolute atomic E-state index is 0.235. The molecule has 0 saturated heterocycles. The minimum Gasteiger partial charge on any atom is -0.455 e. The molecule has 3 heterocycles. The molecule has 5 heteroatoms. The predicted molar refractivity (Wildman–Crippen MR) is 226 cm³/mol. The highest BCUT2D eigenvalue weighted by molar-refractivity contribution is 6.20. The topological polar surface area (TPSA) is 57.0 Å². The molecule has 0 aliphatic heterocycles. The first-order valence-electron chi connectivity index (χ1n) is 19.0. The van der Waals surface area contributed by atoms with Crippen molar-refractivity contribution in [1.82, 2.24) is 14.5 Å². The first-order valence-corrected chi connectivity index (χ1v) is 19.0. The minimum atomic E-state index is 0.235. The van der Waals surface area contributed by atoms with Gasteiger partial charge in [0.2, 0.25) is 5.89 Å². The normalized spacial score (nSPS) is 12.0. The van der Waals surface area contributed by atoms with Crippen molar-refractivity contribution in [2.75, 3.05) is 0 Å². The van der Waals surface area contributed by atoms with Crippen LogP contribution in [-0.2, 0) is 0 Å². The van der Waals surface area contributed by atoms with E-state index in [1.165, 1.54) is 22.3 Å². The van der Waals surface area contributed by atoms with Crippen molar-refractivity contribution >= 4 is 44.1 Å². The van der Waals surface area contributed by atoms with Crippen molar-refractivity contribution < 1.29 is 8.83 Å². The molecule has 5 nitrogen and oxygen atoms in total. The van der Waals surface area contributed by atoms with Crippen LogP contribution in [0.25, 0.3) is 94.9 Å². The Balaban J connectivity index is 1.31. The van der Waals surface area contributed by atoms with Gasteiger partial charge >= 0.3 is 0 Å². The molecule has 0 bridgehead atoms. The van der Waals surface area contributed by atoms with Crippen LogP contribution in [0.5, 0.6) is 0 Å². The maximum Gasteiger partial charge on any atom is 0.227 e. The zero-order valence-electron chi connectivity index (χ0n) is 31.2. The van der Waals surface area contributed by atoms with Gasteiger partial charge in [-0.2, -0.15) is 0 Å². The van der Waals surface area contributed by atoms with Crippen molar-refractivity contribution in [2.24, 2.45) is 0 Å². The van der Waals surface area contributed by atoms with Crippen molar-refractivity contribution in [1.29, 1.82) is 0 Å². The number of fused-ring (bicyclic) bond motifs is 6. The molecular formula is C50H39N3O2. The van der Waals surface area contributed by atoms with Crippen molar-refractivity contribution in [3.63, 3.8) is 0 Å². The van der Waals surface area contributed by atoms with E-state index in [2.05, 4.69) is 148 Å². The van der Waals surface area contributed by atoms with E-state index in [1.54, 1.807) is 0 Å². The van der Waals surface area contributed by atoms with E-state index in [-0.39, 0.29) is 11.8 Å². The zero-order chi connectivity index (χ0) is 37.2. The first-order chi connectivity index (χ1) is 26.9. The molecule has 0 saturated carbocycles. The fourth-order valence-electron chi connectivity index (χ4n) is 8.05.